The van der Waals surface area contributed by atoms with Crippen molar-refractivity contribution >= 4 is 5.97 Å². The molecule has 1 heterocycles. The molecule has 0 saturated carbocycles. The molecule has 0 amide bonds. The molecule has 1 fully saturated rings. The fourth-order valence-electron chi connectivity index (χ4n) is 3.88. The number of hydrogen-bond acceptors (Lipinski definition) is 4. The smallest absolute Gasteiger partial charge is 0.320 e. The van der Waals surface area contributed by atoms with Crippen molar-refractivity contribution in [2.24, 2.45) is 0 Å². The molecular formula is C22H27NO4. The van der Waals surface area contributed by atoms with Crippen molar-refractivity contribution in [3.05, 3.63) is 59.7 Å². The van der Waals surface area contributed by atoms with E-state index in [4.69, 9.17) is 9.47 Å². The molecule has 0 spiro atoms. The first kappa shape index (κ1) is 19.2. The summed E-state index contributed by atoms with van der Waals surface area (Å²) in [5, 5.41) is 9.83. The topological polar surface area (TPSA) is 59.0 Å². The van der Waals surface area contributed by atoms with E-state index < -0.39 is 12.0 Å². The molecule has 144 valence electrons. The summed E-state index contributed by atoms with van der Waals surface area (Å²) in [6.45, 7) is 3.25. The SMILES string of the molecule is CCOc1ccccc1C(c1cccc(OC)c1)N1CCCCC1C(=O)O. The Morgan fingerprint density at radius 3 is 2.78 bits per heavy atom. The average Bonchev–Trinajstić information content (AvgIpc) is 2.70. The Morgan fingerprint density at radius 2 is 2.04 bits per heavy atom. The maximum atomic E-state index is 12.0. The van der Waals surface area contributed by atoms with Crippen LogP contribution in [0.25, 0.3) is 0 Å². The predicted molar refractivity (Wildman–Crippen MR) is 104 cm³/mol. The van der Waals surface area contributed by atoms with Crippen molar-refractivity contribution in [1.29, 1.82) is 0 Å². The van der Waals surface area contributed by atoms with Gasteiger partial charge in [0.05, 0.1) is 19.8 Å². The number of carbonyl (C=O) groups is 1. The second-order valence-corrected chi connectivity index (χ2v) is 6.74. The van der Waals surface area contributed by atoms with Gasteiger partial charge in [-0.1, -0.05) is 36.8 Å². The molecule has 1 aliphatic heterocycles. The second kappa shape index (κ2) is 8.91. The number of methoxy groups -OCH3 is 1. The first-order valence-corrected chi connectivity index (χ1v) is 9.50. The van der Waals surface area contributed by atoms with Crippen molar-refractivity contribution in [2.45, 2.75) is 38.3 Å². The predicted octanol–water partition coefficient (Wildman–Crippen LogP) is 4.12. The number of rotatable bonds is 7. The lowest BCUT2D eigenvalue weighted by Crippen LogP contribution is -2.46. The van der Waals surface area contributed by atoms with Crippen LogP contribution >= 0.6 is 0 Å². The summed E-state index contributed by atoms with van der Waals surface area (Å²) < 4.78 is 11.3. The van der Waals surface area contributed by atoms with Crippen LogP contribution in [0.1, 0.15) is 43.4 Å². The lowest BCUT2D eigenvalue weighted by Gasteiger charge is -2.40. The molecule has 2 unspecified atom stereocenters. The third-order valence-corrected chi connectivity index (χ3v) is 5.08. The first-order valence-electron chi connectivity index (χ1n) is 9.50. The van der Waals surface area contributed by atoms with Crippen LogP contribution in [0.15, 0.2) is 48.5 Å². The number of aliphatic carboxylic acids is 1. The third kappa shape index (κ3) is 4.25. The zero-order chi connectivity index (χ0) is 19.2. The Balaban J connectivity index is 2.13. The van der Waals surface area contributed by atoms with Crippen LogP contribution in [-0.2, 0) is 4.79 Å². The molecule has 1 aliphatic rings. The van der Waals surface area contributed by atoms with Gasteiger partial charge in [0, 0.05) is 5.56 Å². The minimum atomic E-state index is -0.767. The van der Waals surface area contributed by atoms with Crippen molar-refractivity contribution in [2.75, 3.05) is 20.3 Å². The monoisotopic (exact) mass is 369 g/mol. The fourth-order valence-corrected chi connectivity index (χ4v) is 3.88. The molecule has 2 aromatic rings. The summed E-state index contributed by atoms with van der Waals surface area (Å²) >= 11 is 0. The Labute approximate surface area is 160 Å². The van der Waals surface area contributed by atoms with Gasteiger partial charge in [-0.25, -0.2) is 0 Å². The second-order valence-electron chi connectivity index (χ2n) is 6.74. The van der Waals surface area contributed by atoms with Crippen LogP contribution in [-0.4, -0.2) is 42.3 Å². The fraction of sp³-hybridized carbons (Fsp3) is 0.409. The van der Waals surface area contributed by atoms with E-state index in [1.54, 1.807) is 7.11 Å². The summed E-state index contributed by atoms with van der Waals surface area (Å²) in [6, 6.07) is 15.1. The molecule has 5 heteroatoms. The number of nitrogens with zero attached hydrogens (tertiary/aromatic N) is 1. The van der Waals surface area contributed by atoms with E-state index in [1.165, 1.54) is 0 Å². The zero-order valence-electron chi connectivity index (χ0n) is 15.9. The maximum Gasteiger partial charge on any atom is 0.320 e. The number of carboxylic acids is 1. The maximum absolute atomic E-state index is 12.0. The lowest BCUT2D eigenvalue weighted by atomic mass is 9.91. The molecule has 0 aromatic heterocycles. The number of carboxylic acid groups (broad SMARTS) is 1. The van der Waals surface area contributed by atoms with Gasteiger partial charge in [0.1, 0.15) is 17.5 Å². The lowest BCUT2D eigenvalue weighted by molar-refractivity contribution is -0.145. The van der Waals surface area contributed by atoms with Crippen molar-refractivity contribution < 1.29 is 19.4 Å². The molecule has 0 aliphatic carbocycles. The van der Waals surface area contributed by atoms with Gasteiger partial charge in [-0.15, -0.1) is 0 Å². The van der Waals surface area contributed by atoms with Gasteiger partial charge in [0.2, 0.25) is 0 Å². The van der Waals surface area contributed by atoms with E-state index in [1.807, 2.05) is 55.5 Å². The summed E-state index contributed by atoms with van der Waals surface area (Å²) in [5.41, 5.74) is 2.00. The van der Waals surface area contributed by atoms with Gasteiger partial charge in [-0.2, -0.15) is 0 Å². The Hall–Kier alpha value is -2.53. The van der Waals surface area contributed by atoms with Crippen molar-refractivity contribution in [1.82, 2.24) is 4.90 Å². The quantitative estimate of drug-likeness (QED) is 0.795. The number of para-hydroxylation sites is 1. The van der Waals surface area contributed by atoms with Crippen LogP contribution in [0.4, 0.5) is 0 Å². The van der Waals surface area contributed by atoms with E-state index in [0.29, 0.717) is 13.0 Å². The molecule has 3 rings (SSSR count). The van der Waals surface area contributed by atoms with E-state index in [0.717, 1.165) is 42.0 Å². The van der Waals surface area contributed by atoms with Gasteiger partial charge in [0.25, 0.3) is 0 Å². The Bertz CT molecular complexity index is 776. The minimum absolute atomic E-state index is 0.204. The van der Waals surface area contributed by atoms with E-state index in [-0.39, 0.29) is 6.04 Å². The highest BCUT2D eigenvalue weighted by Gasteiger charge is 2.36. The average molecular weight is 369 g/mol. The van der Waals surface area contributed by atoms with Gasteiger partial charge < -0.3 is 14.6 Å². The zero-order valence-corrected chi connectivity index (χ0v) is 15.9. The van der Waals surface area contributed by atoms with Crippen LogP contribution in [0.5, 0.6) is 11.5 Å². The highest BCUT2D eigenvalue weighted by Crippen LogP contribution is 2.39. The van der Waals surface area contributed by atoms with Gasteiger partial charge in [-0.05, 0) is 50.1 Å². The number of hydrogen-bond donors (Lipinski definition) is 1. The molecule has 2 aromatic carbocycles. The summed E-state index contributed by atoms with van der Waals surface area (Å²) in [6.07, 6.45) is 2.58. The highest BCUT2D eigenvalue weighted by molar-refractivity contribution is 5.73. The van der Waals surface area contributed by atoms with Gasteiger partial charge in [-0.3, -0.25) is 9.69 Å². The molecule has 0 bridgehead atoms. The minimum Gasteiger partial charge on any atom is -0.497 e. The number of likely N-dealkylation sites (tertiary alicyclic amines) is 1. The number of ether oxygens (including phenoxy) is 2. The molecule has 5 nitrogen and oxygen atoms in total. The van der Waals surface area contributed by atoms with E-state index in [2.05, 4.69) is 4.90 Å². The van der Waals surface area contributed by atoms with Gasteiger partial charge in [0.15, 0.2) is 0 Å². The molecule has 27 heavy (non-hydrogen) atoms. The van der Waals surface area contributed by atoms with Crippen LogP contribution in [0.2, 0.25) is 0 Å². The number of benzene rings is 2. The van der Waals surface area contributed by atoms with Gasteiger partial charge >= 0.3 is 5.97 Å². The number of piperidine rings is 1. The van der Waals surface area contributed by atoms with Crippen molar-refractivity contribution in [3.63, 3.8) is 0 Å². The summed E-state index contributed by atoms with van der Waals surface area (Å²) in [4.78, 5) is 14.1. The molecule has 1 N–H and O–H groups in total. The third-order valence-electron chi connectivity index (χ3n) is 5.08. The molecule has 1 saturated heterocycles. The van der Waals surface area contributed by atoms with Crippen LogP contribution in [0.3, 0.4) is 0 Å². The Morgan fingerprint density at radius 1 is 1.22 bits per heavy atom. The molecule has 2 atom stereocenters. The largest absolute Gasteiger partial charge is 0.497 e. The standard InChI is InChI=1S/C22H27NO4/c1-3-27-20-13-5-4-11-18(20)21(16-9-8-10-17(15-16)26-2)23-14-7-6-12-19(23)22(24)25/h4-5,8-11,13,15,19,21H,3,6-7,12,14H2,1-2H3,(H,24,25). The van der Waals surface area contributed by atoms with Crippen molar-refractivity contribution in [3.8, 4) is 11.5 Å². The molecular weight excluding hydrogens is 342 g/mol. The highest BCUT2D eigenvalue weighted by atomic mass is 16.5. The van der Waals surface area contributed by atoms with Crippen LogP contribution < -0.4 is 9.47 Å². The summed E-state index contributed by atoms with van der Waals surface area (Å²) in [5.74, 6) is 0.786. The van der Waals surface area contributed by atoms with Crippen LogP contribution in [0, 0.1) is 0 Å². The van der Waals surface area contributed by atoms with E-state index >= 15 is 0 Å². The molecule has 0 radical (unpaired) electrons. The normalized spacial score (nSPS) is 18.7. The first-order chi connectivity index (χ1) is 13.2. The van der Waals surface area contributed by atoms with E-state index in [9.17, 15) is 9.90 Å². The summed E-state index contributed by atoms with van der Waals surface area (Å²) in [7, 11) is 1.64. The Kier molecular flexibility index (Phi) is 6.35.